The van der Waals surface area contributed by atoms with Crippen molar-refractivity contribution in [3.8, 4) is 0 Å². The number of rotatable bonds is 4. The van der Waals surface area contributed by atoms with E-state index in [9.17, 15) is 0 Å². The topological polar surface area (TPSA) is 42.1 Å². The van der Waals surface area contributed by atoms with E-state index in [2.05, 4.69) is 42.8 Å². The van der Waals surface area contributed by atoms with Gasteiger partial charge in [0.2, 0.25) is 0 Å². The molecule has 2 N–H and O–H groups in total. The minimum Gasteiger partial charge on any atom is -0.326 e. The molecule has 2 heterocycles. The van der Waals surface area contributed by atoms with Crippen LogP contribution in [0.25, 0.3) is 0 Å². The van der Waals surface area contributed by atoms with Crippen LogP contribution in [0.3, 0.4) is 0 Å². The van der Waals surface area contributed by atoms with E-state index in [4.69, 9.17) is 5.73 Å². The van der Waals surface area contributed by atoms with Crippen molar-refractivity contribution in [2.75, 3.05) is 13.1 Å². The molecule has 1 saturated heterocycles. The molecule has 0 saturated carbocycles. The molecule has 0 bridgehead atoms. The van der Waals surface area contributed by atoms with Gasteiger partial charge in [0.1, 0.15) is 0 Å². The van der Waals surface area contributed by atoms with Crippen molar-refractivity contribution < 1.29 is 0 Å². The molecule has 1 fully saturated rings. The summed E-state index contributed by atoms with van der Waals surface area (Å²) >= 11 is 0. The summed E-state index contributed by atoms with van der Waals surface area (Å²) in [5.41, 5.74) is 7.96. The average molecular weight is 261 g/mol. The number of hydrogen-bond acceptors (Lipinski definition) is 3. The predicted molar refractivity (Wildman–Crippen MR) is 79.8 cm³/mol. The summed E-state index contributed by atoms with van der Waals surface area (Å²) < 4.78 is 0. The fourth-order valence-corrected chi connectivity index (χ4v) is 2.86. The van der Waals surface area contributed by atoms with Crippen LogP contribution in [0.1, 0.15) is 51.8 Å². The van der Waals surface area contributed by atoms with E-state index in [1.54, 1.807) is 0 Å². The Kier molecular flexibility index (Phi) is 4.58. The summed E-state index contributed by atoms with van der Waals surface area (Å²) in [6, 6.07) is 6.57. The molecule has 0 aromatic carbocycles. The number of pyridine rings is 1. The van der Waals surface area contributed by atoms with E-state index < -0.39 is 0 Å². The van der Waals surface area contributed by atoms with Crippen LogP contribution in [0.2, 0.25) is 0 Å². The highest BCUT2D eigenvalue weighted by atomic mass is 15.2. The van der Waals surface area contributed by atoms with Crippen molar-refractivity contribution in [2.24, 2.45) is 11.1 Å². The van der Waals surface area contributed by atoms with Crippen LogP contribution in [0.4, 0.5) is 0 Å². The van der Waals surface area contributed by atoms with Crippen LogP contribution in [0, 0.1) is 5.41 Å². The molecule has 1 aliphatic heterocycles. The summed E-state index contributed by atoms with van der Waals surface area (Å²) in [6.07, 6.45) is 5.35. The van der Waals surface area contributed by atoms with E-state index in [-0.39, 0.29) is 12.1 Å². The third kappa shape index (κ3) is 3.54. The molecule has 19 heavy (non-hydrogen) atoms. The summed E-state index contributed by atoms with van der Waals surface area (Å²) in [4.78, 5) is 7.07. The molecule has 3 nitrogen and oxygen atoms in total. The van der Waals surface area contributed by atoms with Crippen LogP contribution < -0.4 is 5.73 Å². The maximum Gasteiger partial charge on any atom is 0.0673 e. The zero-order valence-corrected chi connectivity index (χ0v) is 12.5. The van der Waals surface area contributed by atoms with E-state index in [1.807, 2.05) is 12.3 Å². The van der Waals surface area contributed by atoms with Gasteiger partial charge in [-0.15, -0.1) is 0 Å². The first-order chi connectivity index (χ1) is 9.03. The third-order valence-corrected chi connectivity index (χ3v) is 4.41. The second-order valence-corrected chi connectivity index (χ2v) is 6.47. The smallest absolute Gasteiger partial charge is 0.0673 e. The monoisotopic (exact) mass is 261 g/mol. The Balaban J connectivity index is 2.16. The van der Waals surface area contributed by atoms with Crippen molar-refractivity contribution in [2.45, 2.75) is 52.1 Å². The number of nitrogens with zero attached hydrogens (tertiary/aromatic N) is 2. The zero-order valence-electron chi connectivity index (χ0n) is 12.5. The molecule has 106 valence electrons. The Morgan fingerprint density at radius 2 is 2.00 bits per heavy atom. The molecule has 0 amide bonds. The van der Waals surface area contributed by atoms with Crippen molar-refractivity contribution in [3.05, 3.63) is 30.1 Å². The van der Waals surface area contributed by atoms with Gasteiger partial charge in [-0.3, -0.25) is 9.88 Å². The van der Waals surface area contributed by atoms with Gasteiger partial charge in [0.15, 0.2) is 0 Å². The lowest BCUT2D eigenvalue weighted by atomic mass is 9.81. The SMILES string of the molecule is CCC(N)C(c1ccccn1)N1CCC(C)(C)CC1. The van der Waals surface area contributed by atoms with Crippen LogP contribution in [0.5, 0.6) is 0 Å². The highest BCUT2D eigenvalue weighted by molar-refractivity contribution is 5.12. The summed E-state index contributed by atoms with van der Waals surface area (Å²) in [6.45, 7) is 9.14. The van der Waals surface area contributed by atoms with Crippen molar-refractivity contribution in [1.29, 1.82) is 0 Å². The number of piperidine rings is 1. The molecule has 1 aromatic heterocycles. The molecule has 3 heteroatoms. The zero-order chi connectivity index (χ0) is 13.9. The fraction of sp³-hybridized carbons (Fsp3) is 0.688. The molecular formula is C16H27N3. The molecule has 2 atom stereocenters. The van der Waals surface area contributed by atoms with Gasteiger partial charge in [0.05, 0.1) is 11.7 Å². The number of nitrogens with two attached hydrogens (primary N) is 1. The minimum atomic E-state index is 0.163. The van der Waals surface area contributed by atoms with Gasteiger partial charge in [0, 0.05) is 12.2 Å². The van der Waals surface area contributed by atoms with Crippen molar-refractivity contribution in [1.82, 2.24) is 9.88 Å². The molecule has 0 radical (unpaired) electrons. The van der Waals surface area contributed by atoms with Gasteiger partial charge in [0.25, 0.3) is 0 Å². The summed E-state index contributed by atoms with van der Waals surface area (Å²) in [7, 11) is 0. The van der Waals surface area contributed by atoms with E-state index in [0.29, 0.717) is 5.41 Å². The Morgan fingerprint density at radius 1 is 1.32 bits per heavy atom. The molecule has 1 aromatic rings. The van der Waals surface area contributed by atoms with Gasteiger partial charge in [-0.05, 0) is 49.9 Å². The maximum atomic E-state index is 6.37. The average Bonchev–Trinajstić information content (AvgIpc) is 2.42. The second-order valence-electron chi connectivity index (χ2n) is 6.47. The van der Waals surface area contributed by atoms with Crippen molar-refractivity contribution in [3.63, 3.8) is 0 Å². The molecule has 2 rings (SSSR count). The molecule has 1 aliphatic rings. The lowest BCUT2D eigenvalue weighted by molar-refractivity contribution is 0.0790. The van der Waals surface area contributed by atoms with Gasteiger partial charge in [-0.1, -0.05) is 26.8 Å². The van der Waals surface area contributed by atoms with Crippen molar-refractivity contribution >= 4 is 0 Å². The molecule has 0 aliphatic carbocycles. The fourth-order valence-electron chi connectivity index (χ4n) is 2.86. The molecular weight excluding hydrogens is 234 g/mol. The standard InChI is InChI=1S/C16H27N3/c1-4-13(17)15(14-7-5-6-10-18-14)19-11-8-16(2,3)9-12-19/h5-7,10,13,15H,4,8-9,11-12,17H2,1-3H3. The highest BCUT2D eigenvalue weighted by Gasteiger charge is 2.32. The Hall–Kier alpha value is -0.930. The Morgan fingerprint density at radius 3 is 2.53 bits per heavy atom. The normalized spacial score (nSPS) is 22.9. The van der Waals surface area contributed by atoms with Gasteiger partial charge < -0.3 is 5.73 Å². The lowest BCUT2D eigenvalue weighted by Crippen LogP contribution is -2.46. The van der Waals surface area contributed by atoms with Crippen LogP contribution in [-0.2, 0) is 0 Å². The van der Waals surface area contributed by atoms with E-state index >= 15 is 0 Å². The largest absolute Gasteiger partial charge is 0.326 e. The molecule has 0 spiro atoms. The number of aromatic nitrogens is 1. The van der Waals surface area contributed by atoms with Gasteiger partial charge in [-0.2, -0.15) is 0 Å². The van der Waals surface area contributed by atoms with Crippen LogP contribution >= 0.6 is 0 Å². The first-order valence-corrected chi connectivity index (χ1v) is 7.44. The third-order valence-electron chi connectivity index (χ3n) is 4.41. The lowest BCUT2D eigenvalue weighted by Gasteiger charge is -2.42. The summed E-state index contributed by atoms with van der Waals surface area (Å²) in [5, 5.41) is 0. The maximum absolute atomic E-state index is 6.37. The Bertz CT molecular complexity index is 378. The number of hydrogen-bond donors (Lipinski definition) is 1. The summed E-state index contributed by atoms with van der Waals surface area (Å²) in [5.74, 6) is 0. The quantitative estimate of drug-likeness (QED) is 0.906. The van der Waals surface area contributed by atoms with Gasteiger partial charge in [-0.25, -0.2) is 0 Å². The first kappa shape index (κ1) is 14.5. The first-order valence-electron chi connectivity index (χ1n) is 7.44. The number of likely N-dealkylation sites (tertiary alicyclic amines) is 1. The van der Waals surface area contributed by atoms with E-state index in [1.165, 1.54) is 12.8 Å². The molecule has 2 unspecified atom stereocenters. The second kappa shape index (κ2) is 6.02. The minimum absolute atomic E-state index is 0.163. The highest BCUT2D eigenvalue weighted by Crippen LogP contribution is 2.34. The van der Waals surface area contributed by atoms with Gasteiger partial charge >= 0.3 is 0 Å². The predicted octanol–water partition coefficient (Wildman–Crippen LogP) is 2.98. The van der Waals surface area contributed by atoms with Crippen LogP contribution in [-0.4, -0.2) is 29.0 Å². The Labute approximate surface area is 117 Å². The van der Waals surface area contributed by atoms with E-state index in [0.717, 1.165) is 25.2 Å². The van der Waals surface area contributed by atoms with Crippen LogP contribution in [0.15, 0.2) is 24.4 Å².